The summed E-state index contributed by atoms with van der Waals surface area (Å²) in [5, 5.41) is 4.53. The Morgan fingerprint density at radius 2 is 2.62 bits per heavy atom. The quantitative estimate of drug-likeness (QED) is 0.464. The molecule has 0 bridgehead atoms. The summed E-state index contributed by atoms with van der Waals surface area (Å²) in [7, 11) is 0. The van der Waals surface area contributed by atoms with E-state index in [1.54, 1.807) is 11.4 Å². The van der Waals surface area contributed by atoms with E-state index in [2.05, 4.69) is 11.3 Å². The molecule has 0 amide bonds. The second-order valence-electron chi connectivity index (χ2n) is 1.17. The van der Waals surface area contributed by atoms with Crippen molar-refractivity contribution in [3.63, 3.8) is 0 Å². The van der Waals surface area contributed by atoms with Crippen molar-refractivity contribution < 1.29 is 4.39 Å². The minimum atomic E-state index is 0.692. The first kappa shape index (κ1) is 5.33. The van der Waals surface area contributed by atoms with E-state index in [4.69, 9.17) is 0 Å². The van der Waals surface area contributed by atoms with Crippen molar-refractivity contribution in [1.82, 2.24) is 0 Å². The Morgan fingerprint density at radius 3 is 3.12 bits per heavy atom. The highest BCUT2D eigenvalue weighted by Gasteiger charge is 1.81. The van der Waals surface area contributed by atoms with Crippen LogP contribution in [0.2, 0.25) is 0 Å². The Labute approximate surface area is 51.0 Å². The highest BCUT2D eigenvalue weighted by atomic mass is 32.1. The normalized spacial score (nSPS) is 7.62. The summed E-state index contributed by atoms with van der Waals surface area (Å²) in [6.07, 6.45) is 1.31. The monoisotopic (exact) mass is 125 g/mol. The van der Waals surface area contributed by atoms with Crippen LogP contribution in [-0.4, -0.2) is 0 Å². The van der Waals surface area contributed by atoms with E-state index in [9.17, 15) is 4.39 Å². The molecule has 0 aliphatic heterocycles. The van der Waals surface area contributed by atoms with Crippen LogP contribution in [0.1, 0.15) is 5.56 Å². The molecule has 1 aromatic rings. The van der Waals surface area contributed by atoms with E-state index in [0.29, 0.717) is 5.56 Å². The summed E-state index contributed by atoms with van der Waals surface area (Å²) in [4.78, 5) is 0. The van der Waals surface area contributed by atoms with Gasteiger partial charge < -0.3 is 0 Å². The summed E-state index contributed by atoms with van der Waals surface area (Å²) in [6.45, 7) is 0. The highest BCUT2D eigenvalue weighted by Crippen LogP contribution is 2.01. The Bertz CT molecular complexity index is 202. The molecule has 0 N–H and O–H groups in total. The molecule has 0 nitrogen and oxygen atoms in total. The van der Waals surface area contributed by atoms with Gasteiger partial charge in [0.05, 0.1) is 0 Å². The minimum Gasteiger partial charge on any atom is -0.144 e. The van der Waals surface area contributed by atoms with E-state index in [1.807, 2.05) is 0 Å². The fraction of sp³-hybridized carbons (Fsp3) is 0. The van der Waals surface area contributed by atoms with Crippen molar-refractivity contribution in [2.24, 2.45) is 0 Å². The summed E-state index contributed by atoms with van der Waals surface area (Å²) in [5.74, 6) is 2.25. The molecule has 0 aliphatic rings. The second kappa shape index (κ2) is 2.49. The summed E-state index contributed by atoms with van der Waals surface area (Å²) in [6, 6.07) is 1.65. The van der Waals surface area contributed by atoms with Gasteiger partial charge in [0.2, 0.25) is 0 Å². The van der Waals surface area contributed by atoms with E-state index < -0.39 is 0 Å². The van der Waals surface area contributed by atoms with Crippen molar-refractivity contribution in [2.45, 2.75) is 0 Å². The lowest BCUT2D eigenvalue weighted by molar-refractivity contribution is 0.774. The van der Waals surface area contributed by atoms with E-state index in [1.165, 1.54) is 17.5 Å². The molecule has 0 saturated carbocycles. The maximum atomic E-state index is 11.2. The van der Waals surface area contributed by atoms with Gasteiger partial charge in [-0.2, -0.15) is 0 Å². The molecule has 0 saturated heterocycles. The zero-order chi connectivity index (χ0) is 5.82. The molecule has 1 heterocycles. The van der Waals surface area contributed by atoms with Crippen molar-refractivity contribution in [2.75, 3.05) is 0 Å². The van der Waals surface area contributed by atoms with Crippen LogP contribution in [0, 0.1) is 17.5 Å². The molecule has 1 rings (SSSR count). The van der Waals surface area contributed by atoms with Gasteiger partial charge in [0, 0.05) is 16.3 Å². The minimum absolute atomic E-state index is 0.692. The second-order valence-corrected chi connectivity index (χ2v) is 1.88. The molecule has 2 heteroatoms. The summed E-state index contributed by atoms with van der Waals surface area (Å²) < 4.78 is 11.2. The Hall–Kier alpha value is -0.810. The third-order valence-electron chi connectivity index (χ3n) is 0.660. The number of halogens is 1. The zero-order valence-electron chi connectivity index (χ0n) is 3.94. The third kappa shape index (κ3) is 1.08. The van der Waals surface area contributed by atoms with Crippen LogP contribution in [0.25, 0.3) is 0 Å². The maximum Gasteiger partial charge on any atom is 0.111 e. The van der Waals surface area contributed by atoms with Crippen LogP contribution in [0.3, 0.4) is 0 Å². The molecule has 0 fully saturated rings. The first-order valence-corrected chi connectivity index (χ1v) is 2.87. The predicted molar refractivity (Wildman–Crippen MR) is 31.1 cm³/mol. The zero-order valence-corrected chi connectivity index (χ0v) is 4.76. The molecular formula is C6H2FS. The third-order valence-corrected chi connectivity index (χ3v) is 1.29. The van der Waals surface area contributed by atoms with Crippen LogP contribution in [0.15, 0.2) is 11.4 Å². The molecule has 39 valence electrons. The van der Waals surface area contributed by atoms with Gasteiger partial charge >= 0.3 is 0 Å². The molecule has 0 unspecified atom stereocenters. The molecule has 0 aromatic carbocycles. The van der Waals surface area contributed by atoms with Gasteiger partial charge in [-0.1, -0.05) is 0 Å². The van der Waals surface area contributed by atoms with Gasteiger partial charge in [0.1, 0.15) is 6.17 Å². The number of hydrogen-bond acceptors (Lipinski definition) is 1. The van der Waals surface area contributed by atoms with E-state index in [0.717, 1.165) is 0 Å². The van der Waals surface area contributed by atoms with Crippen molar-refractivity contribution in [3.8, 4) is 12.1 Å². The van der Waals surface area contributed by atoms with Gasteiger partial charge in [-0.05, 0) is 12.0 Å². The van der Waals surface area contributed by atoms with Gasteiger partial charge in [-0.25, -0.2) is 0 Å². The predicted octanol–water partition coefficient (Wildman–Crippen LogP) is 1.83. The fourth-order valence-corrected chi connectivity index (χ4v) is 0.866. The first-order chi connectivity index (χ1) is 3.93. The Morgan fingerprint density at radius 1 is 1.75 bits per heavy atom. The van der Waals surface area contributed by atoms with Crippen molar-refractivity contribution in [3.05, 3.63) is 22.4 Å². The number of rotatable bonds is 0. The van der Waals surface area contributed by atoms with Crippen LogP contribution < -0.4 is 0 Å². The number of hydrogen-bond donors (Lipinski definition) is 0. The smallest absolute Gasteiger partial charge is 0.111 e. The van der Waals surface area contributed by atoms with Gasteiger partial charge in [-0.3, -0.25) is 0 Å². The highest BCUT2D eigenvalue weighted by molar-refractivity contribution is 7.07. The lowest BCUT2D eigenvalue weighted by Gasteiger charge is -1.67. The SMILES string of the molecule is FC#Cc1c[c]sc1. The molecule has 1 aromatic heterocycles. The molecule has 8 heavy (non-hydrogen) atoms. The largest absolute Gasteiger partial charge is 0.144 e. The van der Waals surface area contributed by atoms with Crippen molar-refractivity contribution >= 4 is 11.3 Å². The lowest BCUT2D eigenvalue weighted by Crippen LogP contribution is -1.57. The Kier molecular flexibility index (Phi) is 1.66. The first-order valence-electron chi connectivity index (χ1n) is 1.99. The van der Waals surface area contributed by atoms with Gasteiger partial charge in [0.15, 0.2) is 0 Å². The van der Waals surface area contributed by atoms with Crippen LogP contribution in [0.4, 0.5) is 4.39 Å². The maximum absolute atomic E-state index is 11.2. The molecule has 0 spiro atoms. The van der Waals surface area contributed by atoms with Gasteiger partial charge in [0.25, 0.3) is 0 Å². The average molecular weight is 125 g/mol. The van der Waals surface area contributed by atoms with Gasteiger partial charge in [-0.15, -0.1) is 15.7 Å². The average Bonchev–Trinajstić information content (AvgIpc) is 2.19. The van der Waals surface area contributed by atoms with E-state index in [-0.39, 0.29) is 0 Å². The molecule has 0 aliphatic carbocycles. The Balaban J connectivity index is 2.88. The van der Waals surface area contributed by atoms with E-state index >= 15 is 0 Å². The van der Waals surface area contributed by atoms with Crippen molar-refractivity contribution in [1.29, 1.82) is 0 Å². The fourth-order valence-electron chi connectivity index (χ4n) is 0.349. The van der Waals surface area contributed by atoms with Crippen LogP contribution in [0.5, 0.6) is 0 Å². The molecule has 0 atom stereocenters. The molecule has 1 radical (unpaired) electrons. The summed E-state index contributed by atoms with van der Waals surface area (Å²) in [5.41, 5.74) is 0.692. The summed E-state index contributed by atoms with van der Waals surface area (Å²) >= 11 is 1.39. The topological polar surface area (TPSA) is 0 Å². The lowest BCUT2D eigenvalue weighted by atomic mass is 10.4. The standard InChI is InChI=1S/C6H2FS/c7-3-1-6-2-4-8-5-6/h2,5H. The number of thiophene rings is 1. The van der Waals surface area contributed by atoms with Crippen LogP contribution in [-0.2, 0) is 0 Å². The molecular weight excluding hydrogens is 123 g/mol. The van der Waals surface area contributed by atoms with Crippen LogP contribution >= 0.6 is 11.3 Å².